The molecule has 1 heteroatoms. The van der Waals surface area contributed by atoms with Crippen molar-refractivity contribution in [1.82, 2.24) is 0 Å². The Balaban J connectivity index is 0.00000231. The van der Waals surface area contributed by atoms with Gasteiger partial charge in [-0.1, -0.05) is 133 Å². The summed E-state index contributed by atoms with van der Waals surface area (Å²) in [6, 6.07) is 47.4. The van der Waals surface area contributed by atoms with Crippen molar-refractivity contribution in [3.05, 3.63) is 133 Å². The Bertz CT molecular complexity index is 1200. The van der Waals surface area contributed by atoms with E-state index in [0.29, 0.717) is 0 Å². The summed E-state index contributed by atoms with van der Waals surface area (Å²) in [6.07, 6.45) is 0. The Morgan fingerprint density at radius 1 is 0.258 bits per heavy atom. The lowest BCUT2D eigenvalue weighted by Gasteiger charge is -2.19. The van der Waals surface area contributed by atoms with Crippen molar-refractivity contribution >= 4 is 9.90 Å². The molecule has 0 heterocycles. The third-order valence-corrected chi connectivity index (χ3v) is 5.52. The molecule has 0 fully saturated rings. The molecule has 0 spiro atoms. The predicted octanol–water partition coefficient (Wildman–Crippen LogP) is 8.41. The van der Waals surface area contributed by atoms with Crippen LogP contribution in [0.2, 0.25) is 0 Å². The zero-order valence-corrected chi connectivity index (χ0v) is 18.8. The largest absolute Gasteiger partial charge is 0.153 e. The van der Waals surface area contributed by atoms with Crippen LogP contribution in [0.1, 0.15) is 0 Å². The van der Waals surface area contributed by atoms with E-state index >= 15 is 0 Å². The van der Waals surface area contributed by atoms with Gasteiger partial charge < -0.3 is 0 Å². The Kier molecular flexibility index (Phi) is 6.41. The van der Waals surface area contributed by atoms with Gasteiger partial charge in [-0.25, -0.2) is 0 Å². The predicted molar refractivity (Wildman–Crippen MR) is 139 cm³/mol. The first kappa shape index (κ1) is 20.8. The minimum absolute atomic E-state index is 0. The van der Waals surface area contributed by atoms with Crippen LogP contribution in [-0.2, 0) is 0 Å². The fourth-order valence-electron chi connectivity index (χ4n) is 4.13. The topological polar surface area (TPSA) is 0 Å². The molecular formula is C30H25P. The molecule has 0 radical (unpaired) electrons. The normalized spacial score (nSPS) is 10.3. The van der Waals surface area contributed by atoms with Crippen LogP contribution in [0.15, 0.2) is 133 Å². The van der Waals surface area contributed by atoms with Gasteiger partial charge in [-0.05, 0) is 44.5 Å². The molecule has 0 saturated heterocycles. The molecule has 0 nitrogen and oxygen atoms in total. The molecule has 5 rings (SSSR count). The zero-order valence-electron chi connectivity index (χ0n) is 17.4. The van der Waals surface area contributed by atoms with E-state index in [4.69, 9.17) is 0 Å². The lowest BCUT2D eigenvalue weighted by atomic mass is 9.84. The molecule has 5 aromatic carbocycles. The molecule has 0 aliphatic rings. The summed E-state index contributed by atoms with van der Waals surface area (Å²) in [5, 5.41) is 0. The van der Waals surface area contributed by atoms with Gasteiger partial charge in [-0.3, -0.25) is 0 Å². The number of hydrogen-bond acceptors (Lipinski definition) is 0. The Morgan fingerprint density at radius 3 is 1.03 bits per heavy atom. The monoisotopic (exact) mass is 416 g/mol. The average Bonchev–Trinajstić information content (AvgIpc) is 2.85. The fraction of sp³-hybridized carbons (Fsp3) is 0. The van der Waals surface area contributed by atoms with E-state index in [1.165, 1.54) is 44.5 Å². The van der Waals surface area contributed by atoms with Crippen molar-refractivity contribution in [3.8, 4) is 44.5 Å². The second-order valence-corrected chi connectivity index (χ2v) is 7.37. The van der Waals surface area contributed by atoms with Crippen LogP contribution < -0.4 is 0 Å². The van der Waals surface area contributed by atoms with Crippen LogP contribution in [0.25, 0.3) is 44.5 Å². The van der Waals surface area contributed by atoms with Gasteiger partial charge in [0.1, 0.15) is 0 Å². The van der Waals surface area contributed by atoms with Gasteiger partial charge >= 0.3 is 0 Å². The minimum atomic E-state index is 0. The maximum atomic E-state index is 2.25. The Hall–Kier alpha value is -3.47. The van der Waals surface area contributed by atoms with Gasteiger partial charge in [0.2, 0.25) is 0 Å². The molecule has 0 aliphatic heterocycles. The lowest BCUT2D eigenvalue weighted by Crippen LogP contribution is -1.93. The second-order valence-electron chi connectivity index (χ2n) is 7.37. The third-order valence-electron chi connectivity index (χ3n) is 5.52. The summed E-state index contributed by atoms with van der Waals surface area (Å²) in [5.41, 5.74) is 9.96. The second kappa shape index (κ2) is 9.56. The van der Waals surface area contributed by atoms with Gasteiger partial charge in [-0.2, -0.15) is 9.90 Å². The van der Waals surface area contributed by atoms with E-state index in [1.54, 1.807) is 0 Å². The zero-order chi connectivity index (χ0) is 20.2. The molecule has 0 bridgehead atoms. The average molecular weight is 417 g/mol. The Morgan fingerprint density at radius 2 is 0.581 bits per heavy atom. The van der Waals surface area contributed by atoms with E-state index in [-0.39, 0.29) is 9.90 Å². The summed E-state index contributed by atoms with van der Waals surface area (Å²) < 4.78 is 0. The van der Waals surface area contributed by atoms with Gasteiger partial charge in [-0.15, -0.1) is 0 Å². The molecule has 150 valence electrons. The maximum Gasteiger partial charge on any atom is -0.00206 e. The van der Waals surface area contributed by atoms with E-state index in [2.05, 4.69) is 133 Å². The van der Waals surface area contributed by atoms with Gasteiger partial charge in [0.25, 0.3) is 0 Å². The highest BCUT2D eigenvalue weighted by Gasteiger charge is 2.17. The SMILES string of the molecule is P.c1ccc(-c2ccccc2-c2c(-c3ccccc3)cccc2-c2ccccc2)cc1. The van der Waals surface area contributed by atoms with Crippen molar-refractivity contribution in [2.24, 2.45) is 0 Å². The van der Waals surface area contributed by atoms with Crippen molar-refractivity contribution in [2.75, 3.05) is 0 Å². The quantitative estimate of drug-likeness (QED) is 0.258. The molecule has 0 aliphatic carbocycles. The molecule has 31 heavy (non-hydrogen) atoms. The van der Waals surface area contributed by atoms with Crippen LogP contribution in [0.4, 0.5) is 0 Å². The van der Waals surface area contributed by atoms with Gasteiger partial charge in [0, 0.05) is 0 Å². The molecule has 0 saturated carbocycles. The van der Waals surface area contributed by atoms with Crippen LogP contribution in [-0.4, -0.2) is 0 Å². The lowest BCUT2D eigenvalue weighted by molar-refractivity contribution is 1.54. The number of hydrogen-bond donors (Lipinski definition) is 0. The van der Waals surface area contributed by atoms with Crippen LogP contribution >= 0.6 is 9.90 Å². The van der Waals surface area contributed by atoms with Crippen molar-refractivity contribution < 1.29 is 0 Å². The summed E-state index contributed by atoms with van der Waals surface area (Å²) in [5.74, 6) is 0. The van der Waals surface area contributed by atoms with E-state index in [1.807, 2.05) is 0 Å². The van der Waals surface area contributed by atoms with Crippen LogP contribution in [0.3, 0.4) is 0 Å². The molecule has 1 atom stereocenters. The summed E-state index contributed by atoms with van der Waals surface area (Å²) in [7, 11) is 0. The van der Waals surface area contributed by atoms with Crippen molar-refractivity contribution in [1.29, 1.82) is 0 Å². The highest BCUT2D eigenvalue weighted by atomic mass is 31.0. The molecule has 0 aromatic heterocycles. The van der Waals surface area contributed by atoms with Gasteiger partial charge in [0.05, 0.1) is 0 Å². The highest BCUT2D eigenvalue weighted by molar-refractivity contribution is 6.92. The van der Waals surface area contributed by atoms with Crippen molar-refractivity contribution in [2.45, 2.75) is 0 Å². The maximum absolute atomic E-state index is 2.25. The molecule has 0 N–H and O–H groups in total. The fourth-order valence-corrected chi connectivity index (χ4v) is 4.13. The first-order valence-electron chi connectivity index (χ1n) is 10.3. The van der Waals surface area contributed by atoms with E-state index < -0.39 is 0 Å². The van der Waals surface area contributed by atoms with E-state index in [9.17, 15) is 0 Å². The van der Waals surface area contributed by atoms with E-state index in [0.717, 1.165) is 0 Å². The molecular weight excluding hydrogens is 391 g/mol. The van der Waals surface area contributed by atoms with Crippen molar-refractivity contribution in [3.63, 3.8) is 0 Å². The minimum Gasteiger partial charge on any atom is -0.153 e. The summed E-state index contributed by atoms with van der Waals surface area (Å²) in [4.78, 5) is 0. The van der Waals surface area contributed by atoms with Crippen LogP contribution in [0.5, 0.6) is 0 Å². The summed E-state index contributed by atoms with van der Waals surface area (Å²) in [6.45, 7) is 0. The third kappa shape index (κ3) is 4.22. The van der Waals surface area contributed by atoms with Gasteiger partial charge in [0.15, 0.2) is 0 Å². The standard InChI is InChI=1S/C30H22.H3P/c1-4-13-23(14-5-1)26-19-10-11-20-29(26)30-27(24-15-6-2-7-16-24)21-12-22-28(30)25-17-8-3-9-18-25;/h1-22H;1H3. The number of rotatable bonds is 4. The smallest absolute Gasteiger partial charge is 0.00206 e. The first-order chi connectivity index (χ1) is 14.9. The molecule has 0 amide bonds. The first-order valence-corrected chi connectivity index (χ1v) is 10.3. The summed E-state index contributed by atoms with van der Waals surface area (Å²) >= 11 is 0. The Labute approximate surface area is 187 Å². The number of benzene rings is 5. The molecule has 5 aromatic rings. The highest BCUT2D eigenvalue weighted by Crippen LogP contribution is 2.43. The molecule has 1 unspecified atom stereocenters. The van der Waals surface area contributed by atoms with Crippen LogP contribution in [0, 0.1) is 0 Å².